The largest absolute Gasteiger partial charge is 1.00 e. The molecular weight excluding hydrogens is 440 g/mol. The van der Waals surface area contributed by atoms with Crippen molar-refractivity contribution in [1.82, 2.24) is 4.90 Å². The highest BCUT2D eigenvalue weighted by Gasteiger charge is 2.22. The molecular formula is C25H37BrN2O2. The highest BCUT2D eigenvalue weighted by Crippen LogP contribution is 2.08. The quantitative estimate of drug-likeness (QED) is 0.437. The molecule has 0 saturated carbocycles. The number of benzene rings is 2. The molecule has 0 aromatic heterocycles. The van der Waals surface area contributed by atoms with Crippen LogP contribution in [-0.2, 0) is 17.6 Å². The number of nitrogens with zero attached hydrogens (tertiary/aromatic N) is 2. The van der Waals surface area contributed by atoms with Crippen molar-refractivity contribution in [2.75, 3.05) is 45.9 Å². The lowest BCUT2D eigenvalue weighted by Gasteiger charge is -2.35. The molecule has 0 radical (unpaired) electrons. The van der Waals surface area contributed by atoms with Crippen LogP contribution in [0.1, 0.15) is 31.9 Å². The number of rotatable bonds is 12. The third-order valence-corrected chi connectivity index (χ3v) is 6.09. The normalized spacial score (nSPS) is 10.9. The van der Waals surface area contributed by atoms with Gasteiger partial charge in [0.15, 0.2) is 0 Å². The molecule has 0 unspecified atom stereocenters. The van der Waals surface area contributed by atoms with Gasteiger partial charge in [0.1, 0.15) is 13.2 Å². The lowest BCUT2D eigenvalue weighted by atomic mass is 10.1. The van der Waals surface area contributed by atoms with Crippen LogP contribution in [0.25, 0.3) is 0 Å². The third kappa shape index (κ3) is 8.49. The van der Waals surface area contributed by atoms with E-state index in [1.54, 1.807) is 0 Å². The van der Waals surface area contributed by atoms with Crippen LogP contribution in [0.5, 0.6) is 0 Å². The maximum absolute atomic E-state index is 12.8. The molecule has 0 aliphatic carbocycles. The van der Waals surface area contributed by atoms with E-state index in [1.807, 2.05) is 41.3 Å². The van der Waals surface area contributed by atoms with Crippen molar-refractivity contribution in [3.8, 4) is 0 Å². The smallest absolute Gasteiger partial charge is 0.409 e. The molecule has 0 heterocycles. The fraction of sp³-hybridized carbons (Fsp3) is 0.480. The molecule has 0 fully saturated rings. The van der Waals surface area contributed by atoms with Gasteiger partial charge in [-0.25, -0.2) is 4.79 Å². The predicted octanol–water partition coefficient (Wildman–Crippen LogP) is 1.79. The Labute approximate surface area is 193 Å². The number of hydrogen-bond acceptors (Lipinski definition) is 2. The summed E-state index contributed by atoms with van der Waals surface area (Å²) in [5.41, 5.74) is 2.48. The minimum absolute atomic E-state index is 0. The summed E-state index contributed by atoms with van der Waals surface area (Å²) in [6, 6.07) is 20.6. The van der Waals surface area contributed by atoms with Crippen molar-refractivity contribution in [2.24, 2.45) is 0 Å². The van der Waals surface area contributed by atoms with Crippen LogP contribution in [0.4, 0.5) is 4.79 Å². The Balaban J connectivity index is 0.00000450. The van der Waals surface area contributed by atoms with Crippen LogP contribution in [0.3, 0.4) is 0 Å². The van der Waals surface area contributed by atoms with E-state index < -0.39 is 0 Å². The average Bonchev–Trinajstić information content (AvgIpc) is 2.78. The highest BCUT2D eigenvalue weighted by atomic mass is 79.9. The molecule has 0 spiro atoms. The van der Waals surface area contributed by atoms with E-state index in [4.69, 9.17) is 4.74 Å². The molecule has 30 heavy (non-hydrogen) atoms. The lowest BCUT2D eigenvalue weighted by Crippen LogP contribution is -3.00. The second-order valence-electron chi connectivity index (χ2n) is 7.59. The molecule has 5 heteroatoms. The van der Waals surface area contributed by atoms with Gasteiger partial charge in [0.2, 0.25) is 0 Å². The number of likely N-dealkylation sites (N-methyl/N-ethyl adjacent to an activating group) is 1. The molecule has 0 aliphatic heterocycles. The molecule has 0 aliphatic rings. The van der Waals surface area contributed by atoms with Crippen molar-refractivity contribution >= 4 is 6.09 Å². The summed E-state index contributed by atoms with van der Waals surface area (Å²) in [5, 5.41) is 0. The Kier molecular flexibility index (Phi) is 12.4. The van der Waals surface area contributed by atoms with Crippen LogP contribution in [0.15, 0.2) is 60.7 Å². The van der Waals surface area contributed by atoms with Gasteiger partial charge in [-0.05, 0) is 44.7 Å². The molecule has 2 rings (SSSR count). The van der Waals surface area contributed by atoms with Gasteiger partial charge in [-0.1, -0.05) is 60.7 Å². The maximum atomic E-state index is 12.8. The van der Waals surface area contributed by atoms with Crippen molar-refractivity contribution in [1.29, 1.82) is 0 Å². The first kappa shape index (κ1) is 26.2. The number of quaternary nitrogens is 1. The highest BCUT2D eigenvalue weighted by molar-refractivity contribution is 5.67. The third-order valence-electron chi connectivity index (χ3n) is 6.09. The predicted molar refractivity (Wildman–Crippen MR) is 120 cm³/mol. The first-order chi connectivity index (χ1) is 14.1. The summed E-state index contributed by atoms with van der Waals surface area (Å²) >= 11 is 0. The van der Waals surface area contributed by atoms with Crippen molar-refractivity contribution in [3.63, 3.8) is 0 Å². The number of ether oxygens (including phenoxy) is 1. The van der Waals surface area contributed by atoms with Crippen LogP contribution in [0.2, 0.25) is 0 Å². The molecule has 166 valence electrons. The molecule has 2 aromatic rings. The number of hydrogen-bond donors (Lipinski definition) is 0. The van der Waals surface area contributed by atoms with E-state index in [9.17, 15) is 4.79 Å². The topological polar surface area (TPSA) is 29.5 Å². The number of amides is 1. The zero-order chi connectivity index (χ0) is 21.0. The molecule has 0 bridgehead atoms. The molecule has 0 saturated heterocycles. The fourth-order valence-corrected chi connectivity index (χ4v) is 3.67. The van der Waals surface area contributed by atoms with E-state index in [0.717, 1.165) is 43.5 Å². The second kappa shape index (κ2) is 14.2. The van der Waals surface area contributed by atoms with Crippen molar-refractivity contribution in [3.05, 3.63) is 71.8 Å². The van der Waals surface area contributed by atoms with Crippen molar-refractivity contribution in [2.45, 2.75) is 33.6 Å². The fourth-order valence-electron chi connectivity index (χ4n) is 3.67. The van der Waals surface area contributed by atoms with Gasteiger partial charge in [-0.2, -0.15) is 0 Å². The number of carbonyl (C=O) groups excluding carboxylic acids is 1. The SMILES string of the molecule is CC[N+](CC)(CC)CCOC(=O)N(CCc1ccccc1)CCc1ccccc1.[Br-]. The summed E-state index contributed by atoms with van der Waals surface area (Å²) < 4.78 is 6.70. The van der Waals surface area contributed by atoms with Gasteiger partial charge >= 0.3 is 6.09 Å². The lowest BCUT2D eigenvalue weighted by molar-refractivity contribution is -0.923. The van der Waals surface area contributed by atoms with Gasteiger partial charge in [-0.15, -0.1) is 0 Å². The Morgan fingerprint density at radius 3 is 1.63 bits per heavy atom. The first-order valence-electron chi connectivity index (χ1n) is 11.0. The zero-order valence-corrected chi connectivity index (χ0v) is 20.3. The average molecular weight is 477 g/mol. The van der Waals surface area contributed by atoms with Crippen LogP contribution < -0.4 is 17.0 Å². The van der Waals surface area contributed by atoms with Crippen molar-refractivity contribution < 1.29 is 31.0 Å². The van der Waals surface area contributed by atoms with Crippen LogP contribution in [0, 0.1) is 0 Å². The van der Waals surface area contributed by atoms with E-state index in [2.05, 4.69) is 45.0 Å². The van der Waals surface area contributed by atoms with Gasteiger partial charge in [0.25, 0.3) is 0 Å². The monoisotopic (exact) mass is 476 g/mol. The zero-order valence-electron chi connectivity index (χ0n) is 18.7. The van der Waals surface area contributed by atoms with Crippen LogP contribution in [-0.4, -0.2) is 61.4 Å². The molecule has 1 amide bonds. The molecule has 2 aromatic carbocycles. The Morgan fingerprint density at radius 2 is 1.23 bits per heavy atom. The number of halogens is 1. The summed E-state index contributed by atoms with van der Waals surface area (Å²) in [6.45, 7) is 12.5. The minimum Gasteiger partial charge on any atom is -1.00 e. The minimum atomic E-state index is -0.196. The Hall–Kier alpha value is -1.85. The Bertz CT molecular complexity index is 654. The standard InChI is InChI=1S/C25H37N2O2.BrH/c1-4-27(5-2,6-3)21-22-29-25(28)26(19-17-23-13-9-7-10-14-23)20-18-24-15-11-8-12-16-24;/h7-16H,4-6,17-22H2,1-3H3;1H/q+1;/p-1. The summed E-state index contributed by atoms with van der Waals surface area (Å²) in [6.07, 6.45) is 1.48. The van der Waals surface area contributed by atoms with Crippen LogP contribution >= 0.6 is 0 Å². The number of carbonyl (C=O) groups is 1. The Morgan fingerprint density at radius 1 is 0.800 bits per heavy atom. The van der Waals surface area contributed by atoms with E-state index in [0.29, 0.717) is 19.7 Å². The maximum Gasteiger partial charge on any atom is 0.409 e. The second-order valence-corrected chi connectivity index (χ2v) is 7.59. The summed E-state index contributed by atoms with van der Waals surface area (Å²) in [5.74, 6) is 0. The summed E-state index contributed by atoms with van der Waals surface area (Å²) in [7, 11) is 0. The summed E-state index contributed by atoms with van der Waals surface area (Å²) in [4.78, 5) is 14.7. The van der Waals surface area contributed by atoms with Gasteiger partial charge < -0.3 is 31.1 Å². The van der Waals surface area contributed by atoms with Gasteiger partial charge in [0, 0.05) is 13.1 Å². The molecule has 0 atom stereocenters. The molecule has 0 N–H and O–H groups in total. The first-order valence-corrected chi connectivity index (χ1v) is 11.0. The molecule has 4 nitrogen and oxygen atoms in total. The van der Waals surface area contributed by atoms with Gasteiger partial charge in [-0.3, -0.25) is 0 Å². The van der Waals surface area contributed by atoms with E-state index >= 15 is 0 Å². The van der Waals surface area contributed by atoms with E-state index in [1.165, 1.54) is 11.1 Å². The van der Waals surface area contributed by atoms with Gasteiger partial charge in [0.05, 0.1) is 19.6 Å². The van der Waals surface area contributed by atoms with E-state index in [-0.39, 0.29) is 23.1 Å².